The number of hydrogen-bond acceptors (Lipinski definition) is 2. The number of benzene rings is 1. The fraction of sp³-hybridized carbons (Fsp3) is 0.500. The van der Waals surface area contributed by atoms with Gasteiger partial charge in [0.25, 0.3) is 0 Å². The number of rotatable bonds is 3. The average molecular weight is 285 g/mol. The molecule has 1 unspecified atom stereocenters. The molecule has 0 aliphatic heterocycles. The second-order valence-electron chi connectivity index (χ2n) is 5.88. The number of aromatic nitrogens is 1. The molecule has 112 valence electrons. The highest BCUT2D eigenvalue weighted by Crippen LogP contribution is 2.35. The Balaban J connectivity index is 2.06. The summed E-state index contributed by atoms with van der Waals surface area (Å²) in [6.07, 6.45) is 2.70. The van der Waals surface area contributed by atoms with E-state index in [0.29, 0.717) is 6.61 Å². The van der Waals surface area contributed by atoms with Gasteiger partial charge < -0.3 is 9.30 Å². The number of aryl methyl sites for hydroxylation is 2. The molecule has 3 heteroatoms. The highest BCUT2D eigenvalue weighted by atomic mass is 16.5. The Morgan fingerprint density at radius 3 is 2.90 bits per heavy atom. The van der Waals surface area contributed by atoms with Crippen LogP contribution >= 0.6 is 0 Å². The molecule has 2 aromatic rings. The van der Waals surface area contributed by atoms with Gasteiger partial charge in [-0.1, -0.05) is 11.6 Å². The van der Waals surface area contributed by atoms with Crippen molar-refractivity contribution in [2.45, 2.75) is 46.6 Å². The normalized spacial score (nSPS) is 17.8. The zero-order valence-corrected chi connectivity index (χ0v) is 13.1. The van der Waals surface area contributed by atoms with Crippen molar-refractivity contribution in [2.24, 2.45) is 5.92 Å². The van der Waals surface area contributed by atoms with E-state index in [1.54, 1.807) is 0 Å². The second-order valence-corrected chi connectivity index (χ2v) is 5.88. The molecule has 0 bridgehead atoms. The van der Waals surface area contributed by atoms with Crippen LogP contribution in [0.5, 0.6) is 0 Å². The standard InChI is InChI=1S/C18H23NO2/c1-4-19-16-8-6-12(3)10-14(16)15-11-13(7-9-17(15)19)18(20)21-5-2/h6,8,10,13H,4-5,7,9,11H2,1-3H3. The summed E-state index contributed by atoms with van der Waals surface area (Å²) in [5, 5.41) is 1.32. The molecule has 3 nitrogen and oxygen atoms in total. The molecule has 1 atom stereocenters. The van der Waals surface area contributed by atoms with Crippen molar-refractivity contribution < 1.29 is 9.53 Å². The first-order valence-electron chi connectivity index (χ1n) is 7.92. The lowest BCUT2D eigenvalue weighted by molar-refractivity contribution is -0.148. The van der Waals surface area contributed by atoms with Gasteiger partial charge in [0, 0.05) is 23.1 Å². The molecule has 0 saturated carbocycles. The lowest BCUT2D eigenvalue weighted by atomic mass is 9.86. The molecule has 3 rings (SSSR count). The molecule has 21 heavy (non-hydrogen) atoms. The van der Waals surface area contributed by atoms with E-state index in [9.17, 15) is 4.79 Å². The van der Waals surface area contributed by atoms with Crippen LogP contribution in [0.15, 0.2) is 18.2 Å². The van der Waals surface area contributed by atoms with Crippen LogP contribution in [0.1, 0.15) is 37.1 Å². The minimum atomic E-state index is -0.0341. The minimum absolute atomic E-state index is 0.0221. The maximum atomic E-state index is 12.1. The lowest BCUT2D eigenvalue weighted by Crippen LogP contribution is -2.25. The van der Waals surface area contributed by atoms with E-state index >= 15 is 0 Å². The Morgan fingerprint density at radius 2 is 2.19 bits per heavy atom. The van der Waals surface area contributed by atoms with Crippen LogP contribution in [-0.4, -0.2) is 17.1 Å². The number of hydrogen-bond donors (Lipinski definition) is 0. The molecule has 0 spiro atoms. The molecule has 1 aliphatic carbocycles. The van der Waals surface area contributed by atoms with Gasteiger partial charge in [-0.25, -0.2) is 0 Å². The van der Waals surface area contributed by atoms with Crippen molar-refractivity contribution >= 4 is 16.9 Å². The molecule has 1 aromatic carbocycles. The van der Waals surface area contributed by atoms with Crippen LogP contribution in [0, 0.1) is 12.8 Å². The topological polar surface area (TPSA) is 31.2 Å². The van der Waals surface area contributed by atoms with E-state index in [1.165, 1.54) is 27.7 Å². The zero-order chi connectivity index (χ0) is 15.0. The summed E-state index contributed by atoms with van der Waals surface area (Å²) in [6, 6.07) is 6.64. The highest BCUT2D eigenvalue weighted by Gasteiger charge is 2.29. The number of carbonyl (C=O) groups is 1. The lowest BCUT2D eigenvalue weighted by Gasteiger charge is -2.22. The average Bonchev–Trinajstić information content (AvgIpc) is 2.79. The maximum Gasteiger partial charge on any atom is 0.309 e. The van der Waals surface area contributed by atoms with E-state index in [0.717, 1.165) is 25.8 Å². The quantitative estimate of drug-likeness (QED) is 0.806. The van der Waals surface area contributed by atoms with Gasteiger partial charge >= 0.3 is 5.97 Å². The van der Waals surface area contributed by atoms with E-state index in [2.05, 4.69) is 36.6 Å². The molecule has 1 aromatic heterocycles. The first-order valence-corrected chi connectivity index (χ1v) is 7.92. The highest BCUT2D eigenvalue weighted by molar-refractivity contribution is 5.87. The fourth-order valence-electron chi connectivity index (χ4n) is 3.59. The molecule has 0 N–H and O–H groups in total. The van der Waals surface area contributed by atoms with Crippen molar-refractivity contribution in [3.63, 3.8) is 0 Å². The van der Waals surface area contributed by atoms with Crippen LogP contribution in [-0.2, 0) is 28.9 Å². The zero-order valence-electron chi connectivity index (χ0n) is 13.1. The smallest absolute Gasteiger partial charge is 0.309 e. The van der Waals surface area contributed by atoms with Gasteiger partial charge in [-0.3, -0.25) is 4.79 Å². The third-order valence-corrected chi connectivity index (χ3v) is 4.56. The third-order valence-electron chi connectivity index (χ3n) is 4.56. The molecular formula is C18H23NO2. The first kappa shape index (κ1) is 14.2. The van der Waals surface area contributed by atoms with Crippen LogP contribution in [0.2, 0.25) is 0 Å². The Hall–Kier alpha value is -1.77. The second kappa shape index (κ2) is 5.55. The summed E-state index contributed by atoms with van der Waals surface area (Å²) in [5.74, 6) is -0.0120. The molecule has 0 radical (unpaired) electrons. The Bertz CT molecular complexity index is 684. The number of nitrogens with zero attached hydrogens (tertiary/aromatic N) is 1. The van der Waals surface area contributed by atoms with Crippen LogP contribution < -0.4 is 0 Å². The van der Waals surface area contributed by atoms with Gasteiger partial charge in [0.1, 0.15) is 0 Å². The number of carbonyl (C=O) groups excluding carboxylic acids is 1. The number of esters is 1. The summed E-state index contributed by atoms with van der Waals surface area (Å²) in [7, 11) is 0. The van der Waals surface area contributed by atoms with Crippen molar-refractivity contribution in [1.82, 2.24) is 4.57 Å². The molecule has 1 aliphatic rings. The van der Waals surface area contributed by atoms with Crippen molar-refractivity contribution in [1.29, 1.82) is 0 Å². The van der Waals surface area contributed by atoms with Crippen LogP contribution in [0.4, 0.5) is 0 Å². The minimum Gasteiger partial charge on any atom is -0.466 e. The largest absolute Gasteiger partial charge is 0.466 e. The van der Waals surface area contributed by atoms with E-state index in [4.69, 9.17) is 4.74 Å². The van der Waals surface area contributed by atoms with Gasteiger partial charge in [0.2, 0.25) is 0 Å². The molecule has 0 amide bonds. The van der Waals surface area contributed by atoms with Crippen molar-refractivity contribution in [3.05, 3.63) is 35.0 Å². The first-order chi connectivity index (χ1) is 10.2. The van der Waals surface area contributed by atoms with E-state index in [1.807, 2.05) is 6.92 Å². The van der Waals surface area contributed by atoms with Crippen molar-refractivity contribution in [3.8, 4) is 0 Å². The monoisotopic (exact) mass is 285 g/mol. The predicted octanol–water partition coefficient (Wildman–Crippen LogP) is 3.64. The van der Waals surface area contributed by atoms with E-state index < -0.39 is 0 Å². The molecular weight excluding hydrogens is 262 g/mol. The summed E-state index contributed by atoms with van der Waals surface area (Å²) >= 11 is 0. The van der Waals surface area contributed by atoms with Crippen LogP contribution in [0.3, 0.4) is 0 Å². The van der Waals surface area contributed by atoms with Gasteiger partial charge in [0.05, 0.1) is 12.5 Å². The summed E-state index contributed by atoms with van der Waals surface area (Å²) in [5.41, 5.74) is 5.35. The Labute approximate surface area is 125 Å². The van der Waals surface area contributed by atoms with Gasteiger partial charge in [0.15, 0.2) is 0 Å². The SMILES string of the molecule is CCOC(=O)C1CCc2c(c3cc(C)ccc3n2CC)C1. The number of ether oxygens (including phenoxy) is 1. The Kier molecular flexibility index (Phi) is 3.75. The summed E-state index contributed by atoms with van der Waals surface area (Å²) in [4.78, 5) is 12.1. The van der Waals surface area contributed by atoms with Gasteiger partial charge in [-0.05, 0) is 57.7 Å². The number of fused-ring (bicyclic) bond motifs is 3. The van der Waals surface area contributed by atoms with Crippen LogP contribution in [0.25, 0.3) is 10.9 Å². The van der Waals surface area contributed by atoms with E-state index in [-0.39, 0.29) is 11.9 Å². The third kappa shape index (κ3) is 2.35. The maximum absolute atomic E-state index is 12.1. The predicted molar refractivity (Wildman–Crippen MR) is 84.5 cm³/mol. The van der Waals surface area contributed by atoms with Crippen molar-refractivity contribution in [2.75, 3.05) is 6.61 Å². The molecule has 0 saturated heterocycles. The fourth-order valence-corrected chi connectivity index (χ4v) is 3.59. The molecule has 1 heterocycles. The van der Waals surface area contributed by atoms with Gasteiger partial charge in [-0.15, -0.1) is 0 Å². The Morgan fingerprint density at radius 1 is 1.38 bits per heavy atom. The van der Waals surface area contributed by atoms with Gasteiger partial charge in [-0.2, -0.15) is 0 Å². The summed E-state index contributed by atoms with van der Waals surface area (Å²) in [6.45, 7) is 7.65. The molecule has 0 fully saturated rings. The summed E-state index contributed by atoms with van der Waals surface area (Å²) < 4.78 is 7.63.